The van der Waals surface area contributed by atoms with Crippen molar-refractivity contribution in [3.05, 3.63) is 24.6 Å². The molecule has 22 heavy (non-hydrogen) atoms. The number of halogens is 6. The van der Waals surface area contributed by atoms with E-state index in [4.69, 9.17) is 10.0 Å². The smallest absolute Gasteiger partial charge is 1.00 e. The number of rotatable bonds is 3. The quantitative estimate of drug-likeness (QED) is 0.437. The molecule has 2 N–H and O–H groups in total. The van der Waals surface area contributed by atoms with Gasteiger partial charge in [-0.2, -0.15) is 13.8 Å². The second-order valence-electron chi connectivity index (χ2n) is 3.82. The summed E-state index contributed by atoms with van der Waals surface area (Å²) in [5.74, 6) is -0.675. The minimum absolute atomic E-state index is 0. The Kier molecular flexibility index (Phi) is 10.1. The molecule has 126 valence electrons. The van der Waals surface area contributed by atoms with Crippen LogP contribution in [0.2, 0.25) is 0 Å². The fourth-order valence-electron chi connectivity index (χ4n) is 1.14. The fraction of sp³-hybridized carbons (Fsp3) is 0.300. The van der Waals surface area contributed by atoms with Gasteiger partial charge in [-0.1, -0.05) is 25.5 Å². The fourth-order valence-corrected chi connectivity index (χ4v) is 1.80. The summed E-state index contributed by atoms with van der Waals surface area (Å²) in [6.45, 7) is 4.00. The van der Waals surface area contributed by atoms with Crippen molar-refractivity contribution in [1.29, 1.82) is 0 Å². The standard InChI is InChI=1S/C7H8BF5O3S.C3H7.ClH.Mg/c1-16-7-4-5(17(9,10,11,12)13)2-3-6(7)8(14)15;1-3-2;;/h2-4,14-15H,1H3;3H,1-2H3;1H;/q;-1;;+2/p-1. The third-order valence-electron chi connectivity index (χ3n) is 1.93. The maximum atomic E-state index is 12.4. The van der Waals surface area contributed by atoms with E-state index in [2.05, 4.69) is 4.74 Å². The third-order valence-corrected chi connectivity index (χ3v) is 3.07. The number of methoxy groups -OCH3 is 1. The van der Waals surface area contributed by atoms with Crippen LogP contribution in [0.5, 0.6) is 5.75 Å². The molecule has 1 aromatic rings. The second kappa shape index (κ2) is 8.25. The molecule has 0 atom stereocenters. The van der Waals surface area contributed by atoms with Crippen molar-refractivity contribution in [2.75, 3.05) is 7.11 Å². The van der Waals surface area contributed by atoms with Gasteiger partial charge in [-0.05, 0) is 6.07 Å². The molecule has 0 aliphatic heterocycles. The summed E-state index contributed by atoms with van der Waals surface area (Å²) in [6, 6.07) is 0.645. The Morgan fingerprint density at radius 2 is 1.50 bits per heavy atom. The van der Waals surface area contributed by atoms with E-state index in [1.165, 1.54) is 0 Å². The minimum atomic E-state index is -9.79. The average molecular weight is 381 g/mol. The number of hydrogen-bond acceptors (Lipinski definition) is 3. The zero-order valence-electron chi connectivity index (χ0n) is 12.1. The molecule has 0 spiro atoms. The minimum Gasteiger partial charge on any atom is -1.00 e. The van der Waals surface area contributed by atoms with Gasteiger partial charge in [0, 0.05) is 11.5 Å². The summed E-state index contributed by atoms with van der Waals surface area (Å²) in [4.78, 5) is -2.15. The second-order valence-corrected chi connectivity index (χ2v) is 6.23. The third kappa shape index (κ3) is 8.63. The van der Waals surface area contributed by atoms with Gasteiger partial charge in [0.15, 0.2) is 0 Å². The number of ether oxygens (including phenoxy) is 1. The largest absolute Gasteiger partial charge is 2.00 e. The van der Waals surface area contributed by atoms with Gasteiger partial charge in [-0.25, -0.2) is 0 Å². The van der Waals surface area contributed by atoms with Gasteiger partial charge in [-0.15, -0.1) is 0 Å². The van der Waals surface area contributed by atoms with Gasteiger partial charge < -0.3 is 33.6 Å². The zero-order chi connectivity index (χ0) is 16.3. The van der Waals surface area contributed by atoms with Gasteiger partial charge in [0.2, 0.25) is 0 Å². The topological polar surface area (TPSA) is 49.7 Å². The molecule has 0 heterocycles. The van der Waals surface area contributed by atoms with Crippen LogP contribution < -0.4 is 22.6 Å². The van der Waals surface area contributed by atoms with E-state index in [0.29, 0.717) is 6.07 Å². The van der Waals surface area contributed by atoms with E-state index in [0.717, 1.165) is 7.11 Å². The van der Waals surface area contributed by atoms with E-state index >= 15 is 0 Å². The van der Waals surface area contributed by atoms with E-state index in [9.17, 15) is 19.4 Å². The van der Waals surface area contributed by atoms with Crippen LogP contribution in [0.15, 0.2) is 23.1 Å². The Balaban J connectivity index is -0.000000666. The Morgan fingerprint density at radius 3 is 1.77 bits per heavy atom. The number of hydrogen-bond donors (Lipinski definition) is 2. The Labute approximate surface area is 148 Å². The molecule has 0 aromatic heterocycles. The Hall–Kier alpha value is 0.0612. The summed E-state index contributed by atoms with van der Waals surface area (Å²) in [7, 11) is -11.0. The van der Waals surface area contributed by atoms with Crippen molar-refractivity contribution >= 4 is 45.9 Å². The SMILES string of the molecule is COc1cc(S(F)(F)(F)(F)F)ccc1B(O)O.C[CH-]C.[Cl-].[Mg+2]. The Morgan fingerprint density at radius 1 is 1.09 bits per heavy atom. The van der Waals surface area contributed by atoms with Gasteiger partial charge in [-0.3, -0.25) is 0 Å². The molecule has 0 aliphatic rings. The van der Waals surface area contributed by atoms with E-state index in [1.54, 1.807) is 0 Å². The molecule has 0 saturated heterocycles. The van der Waals surface area contributed by atoms with Gasteiger partial charge in [0.1, 0.15) is 10.6 Å². The number of benzene rings is 1. The molecular weight excluding hydrogens is 366 g/mol. The molecule has 12 heteroatoms. The normalized spacial score (nSPS) is 13.2. The predicted molar refractivity (Wildman–Crippen MR) is 75.6 cm³/mol. The van der Waals surface area contributed by atoms with Gasteiger partial charge in [0.05, 0.1) is 7.11 Å². The maximum absolute atomic E-state index is 12.4. The molecule has 0 aliphatic carbocycles. The first kappa shape index (κ1) is 26.9. The molecule has 0 amide bonds. The van der Waals surface area contributed by atoms with Crippen molar-refractivity contribution in [2.24, 2.45) is 0 Å². The zero-order valence-corrected chi connectivity index (χ0v) is 15.1. The predicted octanol–water partition coefficient (Wildman–Crippen LogP) is -0.114. The first-order valence-corrected chi connectivity index (χ1v) is 7.24. The summed E-state index contributed by atoms with van der Waals surface area (Å²) in [5.41, 5.74) is -0.432. The average Bonchev–Trinajstić information content (AvgIpc) is 2.26. The molecule has 1 aromatic carbocycles. The van der Waals surface area contributed by atoms with E-state index in [-0.39, 0.29) is 47.6 Å². The van der Waals surface area contributed by atoms with Crippen molar-refractivity contribution < 1.29 is 46.6 Å². The molecular formula is C10H15BClF5MgO3S. The van der Waals surface area contributed by atoms with Crippen LogP contribution in [0.1, 0.15) is 13.8 Å². The monoisotopic (exact) mass is 380 g/mol. The van der Waals surface area contributed by atoms with Crippen molar-refractivity contribution in [2.45, 2.75) is 18.7 Å². The molecule has 1 rings (SSSR count). The van der Waals surface area contributed by atoms with E-state index < -0.39 is 33.5 Å². The summed E-state index contributed by atoms with van der Waals surface area (Å²) < 4.78 is 66.5. The van der Waals surface area contributed by atoms with Gasteiger partial charge in [0.25, 0.3) is 0 Å². The molecule has 0 saturated carbocycles. The first-order valence-electron chi connectivity index (χ1n) is 5.29. The molecule has 3 nitrogen and oxygen atoms in total. The van der Waals surface area contributed by atoms with Gasteiger partial charge >= 0.3 is 40.4 Å². The van der Waals surface area contributed by atoms with Crippen LogP contribution in [-0.2, 0) is 0 Å². The molecule has 0 radical (unpaired) electrons. The van der Waals surface area contributed by atoms with Crippen LogP contribution in [0.3, 0.4) is 0 Å². The molecule has 0 fully saturated rings. The maximum Gasteiger partial charge on any atom is 2.00 e. The first-order chi connectivity index (χ1) is 8.76. The van der Waals surface area contributed by atoms with Crippen LogP contribution >= 0.6 is 10.2 Å². The van der Waals surface area contributed by atoms with Crippen LogP contribution in [0.4, 0.5) is 19.4 Å². The molecule has 0 bridgehead atoms. The summed E-state index contributed by atoms with van der Waals surface area (Å²) in [5, 5.41) is 17.5. The molecule has 0 unspecified atom stereocenters. The van der Waals surface area contributed by atoms with Crippen molar-refractivity contribution in [3.63, 3.8) is 0 Å². The van der Waals surface area contributed by atoms with Crippen LogP contribution in [0, 0.1) is 6.42 Å². The van der Waals surface area contributed by atoms with E-state index in [1.807, 2.05) is 20.3 Å². The Bertz CT molecular complexity index is 475. The van der Waals surface area contributed by atoms with Crippen molar-refractivity contribution in [3.8, 4) is 5.75 Å². The van der Waals surface area contributed by atoms with Crippen LogP contribution in [-0.4, -0.2) is 47.3 Å². The summed E-state index contributed by atoms with van der Waals surface area (Å²) in [6.07, 6.45) is 2.00. The summed E-state index contributed by atoms with van der Waals surface area (Å²) >= 11 is 0. The van der Waals surface area contributed by atoms with Crippen molar-refractivity contribution in [1.82, 2.24) is 0 Å². The van der Waals surface area contributed by atoms with Crippen LogP contribution in [0.25, 0.3) is 0 Å².